The predicted octanol–water partition coefficient (Wildman–Crippen LogP) is 1.17. The average molecular weight is 410 g/mol. The number of aliphatic hydroxyl groups excluding tert-OH is 2. The smallest absolute Gasteiger partial charge is 0.194 e. The molecule has 2 aromatic heterocycles. The van der Waals surface area contributed by atoms with Gasteiger partial charge in [0, 0.05) is 6.20 Å². The number of aliphatic hydroxyl groups is 3. The van der Waals surface area contributed by atoms with E-state index in [4.69, 9.17) is 10.5 Å². The van der Waals surface area contributed by atoms with Crippen molar-refractivity contribution < 1.29 is 33.2 Å². The average Bonchev–Trinajstić information content (AvgIpc) is 3.19. The Labute approximate surface area is 162 Å². The Morgan fingerprint density at radius 3 is 2.55 bits per heavy atom. The lowest BCUT2D eigenvalue weighted by Gasteiger charge is -2.29. The number of rotatable bonds is 3. The van der Waals surface area contributed by atoms with E-state index in [1.807, 2.05) is 0 Å². The van der Waals surface area contributed by atoms with Crippen molar-refractivity contribution in [3.05, 3.63) is 53.7 Å². The van der Waals surface area contributed by atoms with Gasteiger partial charge in [-0.25, -0.2) is 23.1 Å². The molecule has 0 amide bonds. The maximum Gasteiger partial charge on any atom is 0.194 e. The van der Waals surface area contributed by atoms with E-state index in [-0.39, 0.29) is 11.4 Å². The van der Waals surface area contributed by atoms with Gasteiger partial charge in [-0.1, -0.05) is 0 Å². The van der Waals surface area contributed by atoms with Crippen LogP contribution >= 0.6 is 0 Å². The maximum absolute atomic E-state index is 13.6. The highest BCUT2D eigenvalue weighted by molar-refractivity contribution is 5.86. The molecule has 0 bridgehead atoms. The first-order valence-corrected chi connectivity index (χ1v) is 8.58. The molecule has 5 atom stereocenters. The van der Waals surface area contributed by atoms with Gasteiger partial charge in [-0.15, -0.1) is 0 Å². The third-order valence-corrected chi connectivity index (χ3v) is 5.18. The minimum Gasteiger partial charge on any atom is -0.386 e. The van der Waals surface area contributed by atoms with E-state index in [1.54, 1.807) is 6.07 Å². The second kappa shape index (κ2) is 6.66. The summed E-state index contributed by atoms with van der Waals surface area (Å²) in [5.74, 6) is -4.49. The van der Waals surface area contributed by atoms with Gasteiger partial charge in [0.15, 0.2) is 23.7 Å². The third kappa shape index (κ3) is 2.94. The monoisotopic (exact) mass is 410 g/mol. The number of hydrogen-bond donors (Lipinski definition) is 4. The van der Waals surface area contributed by atoms with Crippen LogP contribution in [0.25, 0.3) is 11.0 Å². The molecule has 5 N–H and O–H groups in total. The number of hydrogen-bond acceptors (Lipinski definition) is 7. The Morgan fingerprint density at radius 1 is 1.24 bits per heavy atom. The van der Waals surface area contributed by atoms with Crippen molar-refractivity contribution in [1.82, 2.24) is 14.5 Å². The molecule has 0 unspecified atom stereocenters. The zero-order chi connectivity index (χ0) is 21.1. The van der Waals surface area contributed by atoms with E-state index in [0.29, 0.717) is 23.2 Å². The largest absolute Gasteiger partial charge is 0.386 e. The molecule has 0 saturated carbocycles. The van der Waals surface area contributed by atoms with Gasteiger partial charge in [-0.3, -0.25) is 0 Å². The number of nitrogens with zero attached hydrogens (tertiary/aromatic N) is 3. The lowest BCUT2D eigenvalue weighted by atomic mass is 9.88. The van der Waals surface area contributed by atoms with Crippen LogP contribution in [0.1, 0.15) is 24.8 Å². The number of anilines is 1. The van der Waals surface area contributed by atoms with Gasteiger partial charge in [-0.2, -0.15) is 0 Å². The molecule has 8 nitrogen and oxygen atoms in total. The Balaban J connectivity index is 1.72. The molecule has 1 aliphatic rings. The third-order valence-electron chi connectivity index (χ3n) is 5.18. The molecule has 1 aliphatic heterocycles. The van der Waals surface area contributed by atoms with Crippen molar-refractivity contribution in [1.29, 1.82) is 0 Å². The lowest BCUT2D eigenvalue weighted by Crippen LogP contribution is -2.47. The highest BCUT2D eigenvalue weighted by Crippen LogP contribution is 2.43. The molecule has 1 saturated heterocycles. The molecular weight excluding hydrogens is 393 g/mol. The van der Waals surface area contributed by atoms with Crippen LogP contribution in [0.4, 0.5) is 19.0 Å². The van der Waals surface area contributed by atoms with Crippen LogP contribution in [-0.4, -0.2) is 47.7 Å². The standard InChI is InChI=1S/C18H17F3N4O4/c1-18(28)13(27)17(25-3-2-8-15(22)23-6-24-16(8)25)29-14(18)12(26)7-4-9(19)11(21)10(20)5-7/h2-6,12-14,17,26-28H,1H3,(H2,22,23,24)/t12-,13-,14+,17+,18-/m0/s1. The van der Waals surface area contributed by atoms with Gasteiger partial charge in [0.2, 0.25) is 0 Å². The van der Waals surface area contributed by atoms with Crippen LogP contribution < -0.4 is 5.73 Å². The zero-order valence-electron chi connectivity index (χ0n) is 15.0. The van der Waals surface area contributed by atoms with Crippen molar-refractivity contribution in [2.75, 3.05) is 5.73 Å². The summed E-state index contributed by atoms with van der Waals surface area (Å²) in [6, 6.07) is 2.78. The van der Waals surface area contributed by atoms with Crippen LogP contribution in [0.5, 0.6) is 0 Å². The van der Waals surface area contributed by atoms with Crippen LogP contribution in [-0.2, 0) is 4.74 Å². The number of benzene rings is 1. The van der Waals surface area contributed by atoms with Crippen molar-refractivity contribution in [2.45, 2.75) is 37.1 Å². The zero-order valence-corrected chi connectivity index (χ0v) is 15.0. The quantitative estimate of drug-likeness (QED) is 0.478. The van der Waals surface area contributed by atoms with Crippen LogP contribution in [0.15, 0.2) is 30.7 Å². The minimum absolute atomic E-state index is 0.196. The predicted molar refractivity (Wildman–Crippen MR) is 93.8 cm³/mol. The molecule has 3 aromatic rings. The maximum atomic E-state index is 13.6. The second-order valence-corrected chi connectivity index (χ2v) is 7.08. The fraction of sp³-hybridized carbons (Fsp3) is 0.333. The Bertz CT molecular complexity index is 1070. The Kier molecular flexibility index (Phi) is 4.50. The highest BCUT2D eigenvalue weighted by Gasteiger charge is 2.56. The SMILES string of the molecule is C[C@@]1(O)[C@@H]([C@@H](O)c2cc(F)c(F)c(F)c2)O[C@@H](n2ccc3c(N)ncnc32)[C@@H]1O. The normalized spacial score (nSPS) is 28.2. The number of aromatic nitrogens is 3. The molecule has 1 fully saturated rings. The van der Waals surface area contributed by atoms with Gasteiger partial charge in [0.25, 0.3) is 0 Å². The molecule has 4 rings (SSSR count). The summed E-state index contributed by atoms with van der Waals surface area (Å²) >= 11 is 0. The molecule has 11 heteroatoms. The van der Waals surface area contributed by atoms with Crippen molar-refractivity contribution in [3.63, 3.8) is 0 Å². The summed E-state index contributed by atoms with van der Waals surface area (Å²) in [5, 5.41) is 32.5. The number of halogens is 3. The Hall–Kier alpha value is -2.73. The first-order chi connectivity index (χ1) is 13.6. The number of nitrogens with two attached hydrogens (primary N) is 1. The van der Waals surface area contributed by atoms with Crippen LogP contribution in [0, 0.1) is 17.5 Å². The van der Waals surface area contributed by atoms with Gasteiger partial charge in [-0.05, 0) is 30.7 Å². The van der Waals surface area contributed by atoms with E-state index in [0.717, 1.165) is 0 Å². The molecule has 0 aliphatic carbocycles. The fourth-order valence-electron chi connectivity index (χ4n) is 3.55. The lowest BCUT2D eigenvalue weighted by molar-refractivity contribution is -0.115. The summed E-state index contributed by atoms with van der Waals surface area (Å²) in [6.07, 6.45) is -3.30. The Morgan fingerprint density at radius 2 is 1.90 bits per heavy atom. The molecule has 0 spiro atoms. The van der Waals surface area contributed by atoms with Crippen LogP contribution in [0.3, 0.4) is 0 Å². The van der Waals surface area contributed by atoms with E-state index in [1.165, 1.54) is 24.0 Å². The van der Waals surface area contributed by atoms with E-state index in [2.05, 4.69) is 9.97 Å². The molecule has 0 radical (unpaired) electrons. The number of fused-ring (bicyclic) bond motifs is 1. The van der Waals surface area contributed by atoms with Crippen molar-refractivity contribution in [3.8, 4) is 0 Å². The molecule has 1 aromatic carbocycles. The summed E-state index contributed by atoms with van der Waals surface area (Å²) in [7, 11) is 0. The molecular formula is C18H17F3N4O4. The molecule has 29 heavy (non-hydrogen) atoms. The second-order valence-electron chi connectivity index (χ2n) is 7.08. The first-order valence-electron chi connectivity index (χ1n) is 8.58. The highest BCUT2D eigenvalue weighted by atomic mass is 19.2. The molecule has 3 heterocycles. The van der Waals surface area contributed by atoms with Gasteiger partial charge >= 0.3 is 0 Å². The fourth-order valence-corrected chi connectivity index (χ4v) is 3.55. The summed E-state index contributed by atoms with van der Waals surface area (Å²) in [4.78, 5) is 7.95. The topological polar surface area (TPSA) is 127 Å². The van der Waals surface area contributed by atoms with Crippen LogP contribution in [0.2, 0.25) is 0 Å². The summed E-state index contributed by atoms with van der Waals surface area (Å²) in [5.41, 5.74) is 3.72. The van der Waals surface area contributed by atoms with Gasteiger partial charge < -0.3 is 30.4 Å². The van der Waals surface area contributed by atoms with Gasteiger partial charge in [0.1, 0.15) is 41.7 Å². The van der Waals surface area contributed by atoms with Gasteiger partial charge in [0.05, 0.1) is 5.39 Å². The van der Waals surface area contributed by atoms with Crippen molar-refractivity contribution in [2.24, 2.45) is 0 Å². The minimum atomic E-state index is -2.03. The number of ether oxygens (including phenoxy) is 1. The van der Waals surface area contributed by atoms with E-state index >= 15 is 0 Å². The summed E-state index contributed by atoms with van der Waals surface area (Å²) < 4.78 is 47.4. The first kappa shape index (κ1) is 19.6. The van der Waals surface area contributed by atoms with Crippen molar-refractivity contribution >= 4 is 16.9 Å². The molecule has 154 valence electrons. The van der Waals surface area contributed by atoms with E-state index < -0.39 is 47.6 Å². The number of nitrogen functional groups attached to an aromatic ring is 1. The van der Waals surface area contributed by atoms with E-state index in [9.17, 15) is 28.5 Å². The summed E-state index contributed by atoms with van der Waals surface area (Å²) in [6.45, 7) is 1.21.